The minimum Gasteiger partial charge on any atom is -0.353 e. The molecule has 0 bridgehead atoms. The SMILES string of the molecule is C=CCNC(=O)CC1CSc2nc(C)c(C)c(=O)n21. The van der Waals surface area contributed by atoms with Crippen molar-refractivity contribution in [3.63, 3.8) is 0 Å². The highest BCUT2D eigenvalue weighted by molar-refractivity contribution is 7.99. The molecule has 1 aliphatic rings. The van der Waals surface area contributed by atoms with Crippen molar-refractivity contribution in [2.45, 2.75) is 31.5 Å². The number of amides is 1. The van der Waals surface area contributed by atoms with Gasteiger partial charge in [0.2, 0.25) is 5.91 Å². The van der Waals surface area contributed by atoms with Gasteiger partial charge in [-0.15, -0.1) is 6.58 Å². The van der Waals surface area contributed by atoms with E-state index in [0.717, 1.165) is 10.9 Å². The number of thioether (sulfide) groups is 1. The topological polar surface area (TPSA) is 64.0 Å². The van der Waals surface area contributed by atoms with Crippen LogP contribution in [0.15, 0.2) is 22.6 Å². The van der Waals surface area contributed by atoms with Crippen molar-refractivity contribution in [1.82, 2.24) is 14.9 Å². The fraction of sp³-hybridized carbons (Fsp3) is 0.462. The van der Waals surface area contributed by atoms with Crippen LogP contribution >= 0.6 is 11.8 Å². The monoisotopic (exact) mass is 279 g/mol. The number of nitrogens with one attached hydrogen (secondary N) is 1. The van der Waals surface area contributed by atoms with Crippen molar-refractivity contribution < 1.29 is 4.79 Å². The summed E-state index contributed by atoms with van der Waals surface area (Å²) in [4.78, 5) is 28.4. The first-order valence-electron chi connectivity index (χ1n) is 6.14. The molecule has 1 aromatic rings. The number of carbonyl (C=O) groups excluding carboxylic acids is 1. The third-order valence-electron chi connectivity index (χ3n) is 3.19. The summed E-state index contributed by atoms with van der Waals surface area (Å²) in [6, 6.07) is -0.107. The van der Waals surface area contributed by atoms with Crippen LogP contribution in [0.2, 0.25) is 0 Å². The molecule has 1 atom stereocenters. The Morgan fingerprint density at radius 2 is 2.37 bits per heavy atom. The van der Waals surface area contributed by atoms with Crippen molar-refractivity contribution in [3.05, 3.63) is 34.3 Å². The van der Waals surface area contributed by atoms with Crippen LogP contribution < -0.4 is 10.9 Å². The maximum Gasteiger partial charge on any atom is 0.257 e. The van der Waals surface area contributed by atoms with Crippen LogP contribution in [0.1, 0.15) is 23.7 Å². The van der Waals surface area contributed by atoms with Gasteiger partial charge in [0.1, 0.15) is 0 Å². The normalized spacial score (nSPS) is 17.1. The average molecular weight is 279 g/mol. The Bertz CT molecular complexity index is 580. The Hall–Kier alpha value is -1.56. The Morgan fingerprint density at radius 3 is 3.05 bits per heavy atom. The summed E-state index contributed by atoms with van der Waals surface area (Å²) in [6.45, 7) is 7.61. The molecule has 6 heteroatoms. The van der Waals surface area contributed by atoms with Gasteiger partial charge in [-0.2, -0.15) is 0 Å². The average Bonchev–Trinajstić information content (AvgIpc) is 2.76. The first-order chi connectivity index (χ1) is 9.04. The number of nitrogens with zero attached hydrogens (tertiary/aromatic N) is 2. The van der Waals surface area contributed by atoms with Gasteiger partial charge in [0.05, 0.1) is 6.04 Å². The van der Waals surface area contributed by atoms with E-state index in [1.54, 1.807) is 17.6 Å². The highest BCUT2D eigenvalue weighted by Gasteiger charge is 2.28. The standard InChI is InChI=1S/C13H17N3O2S/c1-4-5-14-11(17)6-10-7-19-13-15-9(3)8(2)12(18)16(10)13/h4,10H,1,5-7H2,2-3H3,(H,14,17). The molecule has 19 heavy (non-hydrogen) atoms. The number of aromatic nitrogens is 2. The number of fused-ring (bicyclic) bond motifs is 1. The number of aryl methyl sites for hydroxylation is 1. The lowest BCUT2D eigenvalue weighted by atomic mass is 10.2. The summed E-state index contributed by atoms with van der Waals surface area (Å²) in [6.07, 6.45) is 1.94. The van der Waals surface area contributed by atoms with Crippen LogP contribution in [-0.2, 0) is 4.79 Å². The van der Waals surface area contributed by atoms with Gasteiger partial charge in [-0.25, -0.2) is 4.98 Å². The van der Waals surface area contributed by atoms with E-state index in [9.17, 15) is 9.59 Å². The van der Waals surface area contributed by atoms with Gasteiger partial charge < -0.3 is 5.32 Å². The predicted molar refractivity (Wildman–Crippen MR) is 75.6 cm³/mol. The molecule has 0 saturated carbocycles. The molecule has 5 nitrogen and oxygen atoms in total. The van der Waals surface area contributed by atoms with Crippen LogP contribution in [0.4, 0.5) is 0 Å². The van der Waals surface area contributed by atoms with E-state index in [2.05, 4.69) is 16.9 Å². The largest absolute Gasteiger partial charge is 0.353 e. The molecular formula is C13H17N3O2S. The zero-order chi connectivity index (χ0) is 14.0. The van der Waals surface area contributed by atoms with Gasteiger partial charge in [0.25, 0.3) is 5.56 Å². The minimum atomic E-state index is -0.107. The fourth-order valence-electron chi connectivity index (χ4n) is 1.99. The van der Waals surface area contributed by atoms with Crippen LogP contribution in [0.5, 0.6) is 0 Å². The first kappa shape index (κ1) is 13.9. The van der Waals surface area contributed by atoms with Crippen molar-refractivity contribution in [1.29, 1.82) is 0 Å². The van der Waals surface area contributed by atoms with Gasteiger partial charge in [-0.05, 0) is 13.8 Å². The van der Waals surface area contributed by atoms with E-state index in [1.165, 1.54) is 11.8 Å². The minimum absolute atomic E-state index is 0.0333. The van der Waals surface area contributed by atoms with Gasteiger partial charge in [-0.1, -0.05) is 17.8 Å². The first-order valence-corrected chi connectivity index (χ1v) is 7.13. The molecule has 0 aliphatic carbocycles. The molecule has 1 N–H and O–H groups in total. The molecule has 1 unspecified atom stereocenters. The zero-order valence-electron chi connectivity index (χ0n) is 11.1. The van der Waals surface area contributed by atoms with Gasteiger partial charge in [-0.3, -0.25) is 14.2 Å². The lowest BCUT2D eigenvalue weighted by Crippen LogP contribution is -2.32. The molecule has 2 heterocycles. The molecule has 0 saturated heterocycles. The lowest BCUT2D eigenvalue weighted by molar-refractivity contribution is -0.121. The number of rotatable bonds is 4. The van der Waals surface area contributed by atoms with E-state index >= 15 is 0 Å². The Morgan fingerprint density at radius 1 is 1.63 bits per heavy atom. The summed E-state index contributed by atoms with van der Waals surface area (Å²) >= 11 is 1.53. The van der Waals surface area contributed by atoms with Crippen molar-refractivity contribution >= 4 is 17.7 Å². The summed E-state index contributed by atoms with van der Waals surface area (Å²) in [7, 11) is 0. The second-order valence-electron chi connectivity index (χ2n) is 4.54. The third kappa shape index (κ3) is 2.73. The molecule has 2 rings (SSSR count). The predicted octanol–water partition coefficient (Wildman–Crippen LogP) is 1.20. The Balaban J connectivity index is 2.22. The molecule has 0 radical (unpaired) electrons. The Labute approximate surface area is 116 Å². The van der Waals surface area contributed by atoms with Crippen molar-refractivity contribution in [3.8, 4) is 0 Å². The summed E-state index contributed by atoms with van der Waals surface area (Å²) in [5.74, 6) is 0.649. The van der Waals surface area contributed by atoms with E-state index in [1.807, 2.05) is 6.92 Å². The van der Waals surface area contributed by atoms with Crippen LogP contribution in [-0.4, -0.2) is 27.8 Å². The molecule has 1 aromatic heterocycles. The number of hydrogen-bond acceptors (Lipinski definition) is 4. The van der Waals surface area contributed by atoms with Crippen LogP contribution in [0, 0.1) is 13.8 Å². The van der Waals surface area contributed by atoms with Gasteiger partial charge in [0.15, 0.2) is 5.16 Å². The molecule has 1 aliphatic heterocycles. The van der Waals surface area contributed by atoms with Crippen molar-refractivity contribution in [2.24, 2.45) is 0 Å². The molecular weight excluding hydrogens is 262 g/mol. The lowest BCUT2D eigenvalue weighted by Gasteiger charge is -2.14. The molecule has 1 amide bonds. The van der Waals surface area contributed by atoms with Crippen molar-refractivity contribution in [2.75, 3.05) is 12.3 Å². The van der Waals surface area contributed by atoms with E-state index in [0.29, 0.717) is 24.3 Å². The highest BCUT2D eigenvalue weighted by Crippen LogP contribution is 2.32. The van der Waals surface area contributed by atoms with E-state index in [4.69, 9.17) is 0 Å². The fourth-order valence-corrected chi connectivity index (χ4v) is 3.18. The molecule has 0 aromatic carbocycles. The second-order valence-corrected chi connectivity index (χ2v) is 5.53. The second kappa shape index (κ2) is 5.61. The maximum absolute atomic E-state index is 12.2. The van der Waals surface area contributed by atoms with Gasteiger partial charge >= 0.3 is 0 Å². The van der Waals surface area contributed by atoms with Crippen LogP contribution in [0.3, 0.4) is 0 Å². The number of hydrogen-bond donors (Lipinski definition) is 1. The number of carbonyl (C=O) groups is 1. The molecule has 0 spiro atoms. The van der Waals surface area contributed by atoms with Crippen LogP contribution in [0.25, 0.3) is 0 Å². The molecule has 102 valence electrons. The van der Waals surface area contributed by atoms with Gasteiger partial charge in [0, 0.05) is 30.0 Å². The summed E-state index contributed by atoms with van der Waals surface area (Å²) in [5.41, 5.74) is 1.39. The Kier molecular flexibility index (Phi) is 4.09. The highest BCUT2D eigenvalue weighted by atomic mass is 32.2. The molecule has 0 fully saturated rings. The summed E-state index contributed by atoms with van der Waals surface area (Å²) in [5, 5.41) is 3.45. The zero-order valence-corrected chi connectivity index (χ0v) is 11.9. The maximum atomic E-state index is 12.2. The smallest absolute Gasteiger partial charge is 0.257 e. The summed E-state index contributed by atoms with van der Waals surface area (Å²) < 4.78 is 1.65. The quantitative estimate of drug-likeness (QED) is 0.664. The van der Waals surface area contributed by atoms with E-state index in [-0.39, 0.29) is 17.5 Å². The van der Waals surface area contributed by atoms with E-state index < -0.39 is 0 Å². The third-order valence-corrected chi connectivity index (χ3v) is 4.28.